The first-order valence-corrected chi connectivity index (χ1v) is 6.38. The summed E-state index contributed by atoms with van der Waals surface area (Å²) < 4.78 is 101. The zero-order valence-electron chi connectivity index (χ0n) is 13.4. The number of rotatable bonds is 4. The van der Waals surface area contributed by atoms with Gasteiger partial charge in [-0.15, -0.1) is 0 Å². The number of alkyl halides is 6. The minimum absolute atomic E-state index is 0.0303. The van der Waals surface area contributed by atoms with Gasteiger partial charge in [0.25, 0.3) is 0 Å². The van der Waals surface area contributed by atoms with Crippen LogP contribution in [0.3, 0.4) is 0 Å². The van der Waals surface area contributed by atoms with Crippen molar-refractivity contribution < 1.29 is 43.4 Å². The molecule has 1 aliphatic heterocycles. The lowest BCUT2D eigenvalue weighted by Gasteiger charge is -2.15. The number of carbonyl (C=O) groups is 1. The highest BCUT2D eigenvalue weighted by Crippen LogP contribution is 2.38. The number of hydrogen-bond donors (Lipinski definition) is 0. The van der Waals surface area contributed by atoms with Gasteiger partial charge in [-0.1, -0.05) is 0 Å². The summed E-state index contributed by atoms with van der Waals surface area (Å²) in [5.74, 6) is -1.45. The van der Waals surface area contributed by atoms with Crippen LogP contribution in [0.4, 0.5) is 26.3 Å². The highest BCUT2D eigenvalue weighted by atomic mass is 19.4. The first kappa shape index (κ1) is 14.6. The molecule has 0 aliphatic carbocycles. The Hall–Kier alpha value is -1.93. The summed E-state index contributed by atoms with van der Waals surface area (Å²) in [6, 6.07) is 0.785. The first-order chi connectivity index (χ1) is 11.3. The third kappa shape index (κ3) is 4.77. The zero-order chi connectivity index (χ0) is 19.0. The lowest BCUT2D eigenvalue weighted by atomic mass is 10.1. The van der Waals surface area contributed by atoms with E-state index in [1.54, 1.807) is 0 Å². The molecular weight excluding hydrogens is 330 g/mol. The number of halogens is 6. The van der Waals surface area contributed by atoms with Crippen molar-refractivity contribution in [2.75, 3.05) is 6.61 Å². The number of ether oxygens (including phenoxy) is 2. The second kappa shape index (κ2) is 6.29. The fourth-order valence-electron chi connectivity index (χ4n) is 1.86. The van der Waals surface area contributed by atoms with Crippen LogP contribution in [0.1, 0.15) is 33.1 Å². The summed E-state index contributed by atoms with van der Waals surface area (Å²) in [5.41, 5.74) is -3.05. The van der Waals surface area contributed by atoms with Gasteiger partial charge in [0.05, 0.1) is 19.1 Å². The fourth-order valence-corrected chi connectivity index (χ4v) is 1.86. The Balaban J connectivity index is 2.15. The molecule has 0 N–H and O–H groups in total. The molecule has 0 amide bonds. The van der Waals surface area contributed by atoms with E-state index in [-0.39, 0.29) is 18.9 Å². The third-order valence-electron chi connectivity index (χ3n) is 2.92. The van der Waals surface area contributed by atoms with Crippen molar-refractivity contribution in [3.63, 3.8) is 0 Å². The molecule has 2 rings (SSSR count). The molecular formula is C14H12F6O3. The Morgan fingerprint density at radius 1 is 1.17 bits per heavy atom. The summed E-state index contributed by atoms with van der Waals surface area (Å²) in [7, 11) is 0. The molecule has 0 aromatic heterocycles. The maximum Gasteiger partial charge on any atom is 0.416 e. The van der Waals surface area contributed by atoms with Crippen molar-refractivity contribution in [3.05, 3.63) is 29.3 Å². The second-order valence-electron chi connectivity index (χ2n) is 4.69. The van der Waals surface area contributed by atoms with Gasteiger partial charge in [-0.25, -0.2) is 0 Å². The molecule has 0 bridgehead atoms. The predicted octanol–water partition coefficient (Wildman–Crippen LogP) is 4.20. The molecule has 0 saturated carbocycles. The number of benzene rings is 1. The van der Waals surface area contributed by atoms with Crippen LogP contribution >= 0.6 is 0 Å². The van der Waals surface area contributed by atoms with E-state index in [1.807, 2.05) is 0 Å². The Kier molecular flexibility index (Phi) is 4.00. The van der Waals surface area contributed by atoms with Crippen molar-refractivity contribution in [1.82, 2.24) is 0 Å². The number of carbonyl (C=O) groups excluding carboxylic acids is 1. The van der Waals surface area contributed by atoms with E-state index in [0.717, 1.165) is 0 Å². The van der Waals surface area contributed by atoms with Gasteiger partial charge in [-0.3, -0.25) is 4.79 Å². The summed E-state index contributed by atoms with van der Waals surface area (Å²) in [6.45, 7) is -0.495. The van der Waals surface area contributed by atoms with Crippen LogP contribution in [0.5, 0.6) is 5.75 Å². The van der Waals surface area contributed by atoms with Crippen LogP contribution in [0.2, 0.25) is 0 Å². The Morgan fingerprint density at radius 3 is 2.17 bits per heavy atom. The molecule has 23 heavy (non-hydrogen) atoms. The maximum absolute atomic E-state index is 12.7. The zero-order valence-corrected chi connectivity index (χ0v) is 11.4. The van der Waals surface area contributed by atoms with Gasteiger partial charge in [0.1, 0.15) is 11.8 Å². The quantitative estimate of drug-likeness (QED) is 0.607. The van der Waals surface area contributed by atoms with Gasteiger partial charge in [0.15, 0.2) is 0 Å². The molecule has 0 spiro atoms. The highest BCUT2D eigenvalue weighted by molar-refractivity contribution is 5.71. The summed E-state index contributed by atoms with van der Waals surface area (Å²) in [6.07, 6.45) is -13.8. The summed E-state index contributed by atoms with van der Waals surface area (Å²) in [5, 5.41) is 0. The first-order valence-electron chi connectivity index (χ1n) is 7.45. The molecule has 3 nitrogen and oxygen atoms in total. The van der Waals surface area contributed by atoms with Gasteiger partial charge in [0.2, 0.25) is 0 Å². The normalized spacial score (nSPS) is 26.5. The lowest BCUT2D eigenvalue weighted by molar-refractivity contribution is -0.144. The molecule has 1 heterocycles. The van der Waals surface area contributed by atoms with E-state index in [1.165, 1.54) is 0 Å². The van der Waals surface area contributed by atoms with E-state index in [9.17, 15) is 31.1 Å². The standard InChI is InChI=1S/C14H12F6O3/c15-13(16,17)8-5-9(14(18,19)20)7-11(6-8)22-4-3-10-1-2-12(21)23-10/h5-7,10H,1-4H2/i1D,10D/t1-,10?/m1/s1. The van der Waals surface area contributed by atoms with Crippen LogP contribution in [0.15, 0.2) is 18.2 Å². The van der Waals surface area contributed by atoms with E-state index in [2.05, 4.69) is 4.74 Å². The van der Waals surface area contributed by atoms with E-state index in [0.29, 0.717) is 12.1 Å². The maximum atomic E-state index is 12.7. The topological polar surface area (TPSA) is 35.5 Å². The van der Waals surface area contributed by atoms with Crippen molar-refractivity contribution in [2.45, 2.75) is 37.7 Å². The number of esters is 1. The summed E-state index contributed by atoms with van der Waals surface area (Å²) >= 11 is 0. The van der Waals surface area contributed by atoms with Crippen LogP contribution in [0, 0.1) is 0 Å². The molecule has 9 heteroatoms. The molecule has 0 radical (unpaired) electrons. The smallest absolute Gasteiger partial charge is 0.416 e. The van der Waals surface area contributed by atoms with Crippen LogP contribution < -0.4 is 4.74 Å². The predicted molar refractivity (Wildman–Crippen MR) is 65.7 cm³/mol. The average Bonchev–Trinajstić information content (AvgIpc) is 2.69. The third-order valence-corrected chi connectivity index (χ3v) is 2.92. The van der Waals surface area contributed by atoms with E-state index >= 15 is 0 Å². The lowest BCUT2D eigenvalue weighted by Crippen LogP contribution is -2.14. The monoisotopic (exact) mass is 344 g/mol. The fraction of sp³-hybridized carbons (Fsp3) is 0.500. The molecule has 1 aromatic rings. The van der Waals surface area contributed by atoms with Gasteiger partial charge < -0.3 is 9.47 Å². The number of hydrogen-bond acceptors (Lipinski definition) is 3. The largest absolute Gasteiger partial charge is 0.493 e. The SMILES string of the molecule is [2H][C@@H]1CC(=O)OC1([2H])CCOc1cc(C(F)(F)F)cc(C(F)(F)F)c1. The minimum Gasteiger partial charge on any atom is -0.493 e. The van der Waals surface area contributed by atoms with Crippen LogP contribution in [-0.4, -0.2) is 18.7 Å². The number of cyclic esters (lactones) is 1. The van der Waals surface area contributed by atoms with Crippen LogP contribution in [0.25, 0.3) is 0 Å². The molecule has 1 unspecified atom stereocenters. The molecule has 1 saturated heterocycles. The molecule has 1 aromatic carbocycles. The van der Waals surface area contributed by atoms with E-state index in [4.69, 9.17) is 7.48 Å². The molecule has 1 aliphatic rings. The van der Waals surface area contributed by atoms with Gasteiger partial charge in [0, 0.05) is 14.2 Å². The van der Waals surface area contributed by atoms with Gasteiger partial charge >= 0.3 is 18.3 Å². The minimum atomic E-state index is -5.00. The average molecular weight is 344 g/mol. The Morgan fingerprint density at radius 2 is 1.74 bits per heavy atom. The van der Waals surface area contributed by atoms with Crippen LogP contribution in [-0.2, 0) is 21.9 Å². The van der Waals surface area contributed by atoms with Crippen molar-refractivity contribution in [1.29, 1.82) is 0 Å². The summed E-state index contributed by atoms with van der Waals surface area (Å²) in [4.78, 5) is 11.1. The highest BCUT2D eigenvalue weighted by Gasteiger charge is 2.37. The molecule has 2 atom stereocenters. The van der Waals surface area contributed by atoms with Gasteiger partial charge in [-0.2, -0.15) is 26.3 Å². The Bertz CT molecular complexity index is 629. The van der Waals surface area contributed by atoms with E-state index < -0.39 is 54.3 Å². The molecule has 128 valence electrons. The second-order valence-corrected chi connectivity index (χ2v) is 4.69. The van der Waals surface area contributed by atoms with Crippen molar-refractivity contribution >= 4 is 5.97 Å². The van der Waals surface area contributed by atoms with Crippen molar-refractivity contribution in [2.24, 2.45) is 0 Å². The molecule has 1 fully saturated rings. The van der Waals surface area contributed by atoms with Crippen molar-refractivity contribution in [3.8, 4) is 5.75 Å². The Labute approximate surface area is 130 Å². The van der Waals surface area contributed by atoms with Gasteiger partial charge in [-0.05, 0) is 24.6 Å².